The second-order valence-electron chi connectivity index (χ2n) is 7.28. The summed E-state index contributed by atoms with van der Waals surface area (Å²) in [5.41, 5.74) is 2.47. The average Bonchev–Trinajstić information content (AvgIpc) is 2.72. The van der Waals surface area contributed by atoms with E-state index in [1.54, 1.807) is 12.1 Å². The Morgan fingerprint density at radius 3 is 2.39 bits per heavy atom. The molecule has 0 atom stereocenters. The predicted molar refractivity (Wildman–Crippen MR) is 107 cm³/mol. The van der Waals surface area contributed by atoms with Crippen LogP contribution in [0.15, 0.2) is 54.6 Å². The molecular formula is C23H27NO4. The standard InChI is InChI=1S/C23H27NO4/c25-22(17-28-15-12-18-6-2-1-3-7-18)24-13-10-19(11-14-24)16-20-8-4-5-9-21(20)23(26)27/h1-9,19H,10-17H2,(H,26,27). The van der Waals surface area contributed by atoms with Crippen molar-refractivity contribution in [3.05, 3.63) is 71.3 Å². The van der Waals surface area contributed by atoms with Crippen LogP contribution in [0.2, 0.25) is 0 Å². The van der Waals surface area contributed by atoms with Gasteiger partial charge in [0.25, 0.3) is 0 Å². The summed E-state index contributed by atoms with van der Waals surface area (Å²) in [7, 11) is 0. The van der Waals surface area contributed by atoms with Gasteiger partial charge in [0.1, 0.15) is 6.61 Å². The largest absolute Gasteiger partial charge is 0.478 e. The summed E-state index contributed by atoms with van der Waals surface area (Å²) in [5, 5.41) is 9.32. The molecule has 0 radical (unpaired) electrons. The Balaban J connectivity index is 1.39. The van der Waals surface area contributed by atoms with Gasteiger partial charge in [-0.15, -0.1) is 0 Å². The molecule has 0 bridgehead atoms. The zero-order valence-electron chi connectivity index (χ0n) is 16.0. The van der Waals surface area contributed by atoms with Crippen LogP contribution in [0.25, 0.3) is 0 Å². The first-order chi connectivity index (χ1) is 13.6. The zero-order chi connectivity index (χ0) is 19.8. The SMILES string of the molecule is O=C(O)c1ccccc1CC1CCN(C(=O)COCCc2ccccc2)CC1. The van der Waals surface area contributed by atoms with Gasteiger partial charge in [0.15, 0.2) is 0 Å². The Kier molecular flexibility index (Phi) is 7.20. The van der Waals surface area contributed by atoms with Gasteiger partial charge in [-0.05, 0) is 48.8 Å². The van der Waals surface area contributed by atoms with Crippen molar-refractivity contribution in [3.8, 4) is 0 Å². The fraction of sp³-hybridized carbons (Fsp3) is 0.391. The van der Waals surface area contributed by atoms with Crippen LogP contribution in [0.4, 0.5) is 0 Å². The van der Waals surface area contributed by atoms with E-state index in [0.717, 1.165) is 31.2 Å². The smallest absolute Gasteiger partial charge is 0.335 e. The van der Waals surface area contributed by atoms with Crippen LogP contribution >= 0.6 is 0 Å². The summed E-state index contributed by atoms with van der Waals surface area (Å²) in [4.78, 5) is 25.6. The van der Waals surface area contributed by atoms with Gasteiger partial charge < -0.3 is 14.7 Å². The van der Waals surface area contributed by atoms with Gasteiger partial charge in [0.2, 0.25) is 5.91 Å². The molecular weight excluding hydrogens is 354 g/mol. The maximum absolute atomic E-state index is 12.3. The number of ether oxygens (including phenoxy) is 1. The van der Waals surface area contributed by atoms with E-state index in [1.165, 1.54) is 5.56 Å². The fourth-order valence-corrected chi connectivity index (χ4v) is 3.69. The average molecular weight is 381 g/mol. The minimum absolute atomic E-state index is 0.0393. The highest BCUT2D eigenvalue weighted by Crippen LogP contribution is 2.23. The van der Waals surface area contributed by atoms with Crippen LogP contribution in [0.5, 0.6) is 0 Å². The van der Waals surface area contributed by atoms with E-state index in [1.807, 2.05) is 35.2 Å². The van der Waals surface area contributed by atoms with Gasteiger partial charge in [-0.1, -0.05) is 48.5 Å². The molecule has 1 heterocycles. The van der Waals surface area contributed by atoms with Crippen LogP contribution in [-0.2, 0) is 22.4 Å². The summed E-state index contributed by atoms with van der Waals surface area (Å²) in [6.45, 7) is 2.08. The van der Waals surface area contributed by atoms with Crippen molar-refractivity contribution in [1.82, 2.24) is 4.90 Å². The van der Waals surface area contributed by atoms with Crippen molar-refractivity contribution in [2.24, 2.45) is 5.92 Å². The van der Waals surface area contributed by atoms with Crippen molar-refractivity contribution in [3.63, 3.8) is 0 Å². The summed E-state index contributed by atoms with van der Waals surface area (Å²) in [6.07, 6.45) is 3.34. The quantitative estimate of drug-likeness (QED) is 0.712. The van der Waals surface area contributed by atoms with E-state index in [2.05, 4.69) is 12.1 Å². The number of carboxylic acids is 1. The van der Waals surface area contributed by atoms with Crippen molar-refractivity contribution >= 4 is 11.9 Å². The number of amides is 1. The van der Waals surface area contributed by atoms with Crippen molar-refractivity contribution in [2.75, 3.05) is 26.3 Å². The molecule has 148 valence electrons. The third-order valence-corrected chi connectivity index (χ3v) is 5.33. The molecule has 1 saturated heterocycles. The molecule has 1 aliphatic heterocycles. The minimum Gasteiger partial charge on any atom is -0.478 e. The van der Waals surface area contributed by atoms with Crippen LogP contribution in [-0.4, -0.2) is 48.2 Å². The van der Waals surface area contributed by atoms with E-state index < -0.39 is 5.97 Å². The monoisotopic (exact) mass is 381 g/mol. The number of hydrogen-bond donors (Lipinski definition) is 1. The summed E-state index contributed by atoms with van der Waals surface area (Å²) in [6, 6.07) is 17.3. The van der Waals surface area contributed by atoms with Gasteiger partial charge in [-0.2, -0.15) is 0 Å². The van der Waals surface area contributed by atoms with Crippen LogP contribution in [0.3, 0.4) is 0 Å². The number of aromatic carboxylic acids is 1. The Labute approximate surface area is 165 Å². The number of rotatable bonds is 8. The number of carboxylic acid groups (broad SMARTS) is 1. The number of carbonyl (C=O) groups is 2. The highest BCUT2D eigenvalue weighted by atomic mass is 16.5. The van der Waals surface area contributed by atoms with E-state index in [-0.39, 0.29) is 12.5 Å². The highest BCUT2D eigenvalue weighted by molar-refractivity contribution is 5.89. The van der Waals surface area contributed by atoms with E-state index >= 15 is 0 Å². The van der Waals surface area contributed by atoms with Gasteiger partial charge in [-0.3, -0.25) is 4.79 Å². The van der Waals surface area contributed by atoms with Gasteiger partial charge in [0, 0.05) is 13.1 Å². The van der Waals surface area contributed by atoms with Crippen LogP contribution < -0.4 is 0 Å². The molecule has 5 nitrogen and oxygen atoms in total. The topological polar surface area (TPSA) is 66.8 Å². The number of nitrogens with zero attached hydrogens (tertiary/aromatic N) is 1. The Morgan fingerprint density at radius 1 is 1.00 bits per heavy atom. The number of likely N-dealkylation sites (tertiary alicyclic amines) is 1. The molecule has 1 amide bonds. The third kappa shape index (κ3) is 5.67. The molecule has 0 aliphatic carbocycles. The first-order valence-electron chi connectivity index (χ1n) is 9.84. The molecule has 0 saturated carbocycles. The normalized spacial score (nSPS) is 14.8. The molecule has 2 aromatic rings. The molecule has 5 heteroatoms. The van der Waals surface area contributed by atoms with Crippen molar-refractivity contribution in [2.45, 2.75) is 25.7 Å². The maximum Gasteiger partial charge on any atom is 0.335 e. The Hall–Kier alpha value is -2.66. The second kappa shape index (κ2) is 10.0. The number of piperidine rings is 1. The first-order valence-corrected chi connectivity index (χ1v) is 9.84. The Morgan fingerprint density at radius 2 is 1.68 bits per heavy atom. The molecule has 2 aromatic carbocycles. The van der Waals surface area contributed by atoms with E-state index in [4.69, 9.17) is 4.74 Å². The molecule has 1 fully saturated rings. The van der Waals surface area contributed by atoms with E-state index in [9.17, 15) is 14.7 Å². The predicted octanol–water partition coefficient (Wildman–Crippen LogP) is 3.43. The van der Waals surface area contributed by atoms with Crippen molar-refractivity contribution < 1.29 is 19.4 Å². The fourth-order valence-electron chi connectivity index (χ4n) is 3.69. The maximum atomic E-state index is 12.3. The molecule has 1 aliphatic rings. The van der Waals surface area contributed by atoms with Crippen LogP contribution in [0, 0.1) is 5.92 Å². The number of benzene rings is 2. The number of carbonyl (C=O) groups excluding carboxylic acids is 1. The lowest BCUT2D eigenvalue weighted by atomic mass is 9.88. The molecule has 1 N–H and O–H groups in total. The van der Waals surface area contributed by atoms with Gasteiger partial charge in [0.05, 0.1) is 12.2 Å². The number of hydrogen-bond acceptors (Lipinski definition) is 3. The molecule has 0 aromatic heterocycles. The lowest BCUT2D eigenvalue weighted by molar-refractivity contribution is -0.137. The lowest BCUT2D eigenvalue weighted by Gasteiger charge is -2.32. The summed E-state index contributed by atoms with van der Waals surface area (Å²) < 4.78 is 5.56. The highest BCUT2D eigenvalue weighted by Gasteiger charge is 2.24. The zero-order valence-corrected chi connectivity index (χ0v) is 16.0. The van der Waals surface area contributed by atoms with Crippen LogP contribution in [0.1, 0.15) is 34.3 Å². The van der Waals surface area contributed by atoms with Gasteiger partial charge in [-0.25, -0.2) is 4.79 Å². The Bertz CT molecular complexity index is 782. The lowest BCUT2D eigenvalue weighted by Crippen LogP contribution is -2.41. The second-order valence-corrected chi connectivity index (χ2v) is 7.28. The molecule has 0 unspecified atom stereocenters. The third-order valence-electron chi connectivity index (χ3n) is 5.33. The summed E-state index contributed by atoms with van der Waals surface area (Å²) >= 11 is 0. The molecule has 0 spiro atoms. The minimum atomic E-state index is -0.879. The first kappa shape index (κ1) is 20.1. The van der Waals surface area contributed by atoms with Gasteiger partial charge >= 0.3 is 5.97 Å². The summed E-state index contributed by atoms with van der Waals surface area (Å²) in [5.74, 6) is -0.433. The molecule has 3 rings (SSSR count). The van der Waals surface area contributed by atoms with Crippen molar-refractivity contribution in [1.29, 1.82) is 0 Å². The molecule has 28 heavy (non-hydrogen) atoms. The van der Waals surface area contributed by atoms with E-state index in [0.29, 0.717) is 31.2 Å².